The summed E-state index contributed by atoms with van der Waals surface area (Å²) in [6.45, 7) is 8.76. The molecule has 248 valence electrons. The van der Waals surface area contributed by atoms with E-state index in [2.05, 4.69) is 9.80 Å². The van der Waals surface area contributed by atoms with Gasteiger partial charge in [0.05, 0.1) is 41.1 Å². The van der Waals surface area contributed by atoms with Crippen LogP contribution in [0.4, 0.5) is 37.8 Å². The molecule has 0 saturated carbocycles. The van der Waals surface area contributed by atoms with Crippen LogP contribution in [0.15, 0.2) is 48.7 Å². The highest BCUT2D eigenvalue weighted by atomic mass is 19.4. The van der Waals surface area contributed by atoms with Crippen LogP contribution in [0.3, 0.4) is 0 Å². The molecule has 2 fully saturated rings. The number of nitrogens with zero attached hydrogens (tertiary/aromatic N) is 4. The molecular formula is C34H38F6N4O2. The van der Waals surface area contributed by atoms with Gasteiger partial charge < -0.3 is 14.9 Å². The largest absolute Gasteiger partial charge is 0.416 e. The van der Waals surface area contributed by atoms with Gasteiger partial charge >= 0.3 is 12.4 Å². The van der Waals surface area contributed by atoms with Crippen molar-refractivity contribution in [3.05, 3.63) is 76.5 Å². The fourth-order valence-electron chi connectivity index (χ4n) is 6.69. The second-order valence-corrected chi connectivity index (χ2v) is 12.9. The normalized spacial score (nSPS) is 19.3. The van der Waals surface area contributed by atoms with Gasteiger partial charge in [-0.2, -0.15) is 26.3 Å². The zero-order valence-electron chi connectivity index (χ0n) is 26.4. The molecule has 2 aliphatic heterocycles. The number of hydrogen-bond donors (Lipinski definition) is 1. The third-order valence-electron chi connectivity index (χ3n) is 9.35. The number of fused-ring (bicyclic) bond motifs is 1. The van der Waals surface area contributed by atoms with E-state index in [0.29, 0.717) is 48.3 Å². The predicted molar refractivity (Wildman–Crippen MR) is 165 cm³/mol. The maximum Gasteiger partial charge on any atom is 0.416 e. The highest BCUT2D eigenvalue weighted by Crippen LogP contribution is 2.42. The van der Waals surface area contributed by atoms with E-state index in [-0.39, 0.29) is 18.7 Å². The number of hydrogen-bond acceptors (Lipinski definition) is 5. The van der Waals surface area contributed by atoms with Crippen LogP contribution in [-0.2, 0) is 22.6 Å². The first kappa shape index (κ1) is 33.7. The van der Waals surface area contributed by atoms with Crippen LogP contribution in [-0.4, -0.2) is 66.3 Å². The molecule has 6 nitrogen and oxygen atoms in total. The summed E-state index contributed by atoms with van der Waals surface area (Å²) in [5.41, 5.74) is -1.47. The van der Waals surface area contributed by atoms with Crippen molar-refractivity contribution >= 4 is 17.4 Å². The van der Waals surface area contributed by atoms with Gasteiger partial charge in [-0.25, -0.2) is 4.98 Å². The monoisotopic (exact) mass is 648 g/mol. The Hall–Kier alpha value is -3.64. The number of pyridine rings is 1. The molecule has 12 heteroatoms. The summed E-state index contributed by atoms with van der Waals surface area (Å²) in [6.07, 6.45) is -6.47. The lowest BCUT2D eigenvalue weighted by molar-refractivity contribution is -0.143. The number of carbonyl (C=O) groups excluding carboxylic acids is 1. The summed E-state index contributed by atoms with van der Waals surface area (Å²) in [5.74, 6) is -0.106. The number of aryl methyl sites for hydroxylation is 2. The quantitative estimate of drug-likeness (QED) is 0.292. The van der Waals surface area contributed by atoms with Crippen molar-refractivity contribution in [2.45, 2.75) is 70.4 Å². The number of halogens is 6. The van der Waals surface area contributed by atoms with Gasteiger partial charge in [-0.15, -0.1) is 0 Å². The summed E-state index contributed by atoms with van der Waals surface area (Å²) in [4.78, 5) is 24.5. The summed E-state index contributed by atoms with van der Waals surface area (Å²) < 4.78 is 82.1. The minimum absolute atomic E-state index is 0.0553. The lowest BCUT2D eigenvalue weighted by Gasteiger charge is -2.44. The van der Waals surface area contributed by atoms with Crippen molar-refractivity contribution in [2.24, 2.45) is 0 Å². The van der Waals surface area contributed by atoms with Gasteiger partial charge in [-0.05, 0) is 88.0 Å². The van der Waals surface area contributed by atoms with E-state index in [0.717, 1.165) is 36.1 Å². The van der Waals surface area contributed by atoms with Crippen molar-refractivity contribution in [1.29, 1.82) is 0 Å². The molecule has 1 aromatic heterocycles. The number of alkyl halides is 6. The summed E-state index contributed by atoms with van der Waals surface area (Å²) >= 11 is 0. The molecule has 2 atom stereocenters. The summed E-state index contributed by atoms with van der Waals surface area (Å²) in [6, 6.07) is 9.07. The summed E-state index contributed by atoms with van der Waals surface area (Å²) in [7, 11) is 1.44. The first-order chi connectivity index (χ1) is 21.4. The number of anilines is 2. The Bertz CT molecular complexity index is 1590. The van der Waals surface area contributed by atoms with E-state index in [1.807, 2.05) is 38.1 Å². The number of aliphatic hydroxyl groups is 1. The van der Waals surface area contributed by atoms with Gasteiger partial charge in [-0.1, -0.05) is 23.8 Å². The van der Waals surface area contributed by atoms with E-state index in [9.17, 15) is 36.2 Å². The average Bonchev–Trinajstić information content (AvgIpc) is 3.46. The molecule has 0 unspecified atom stereocenters. The molecule has 0 radical (unpaired) electrons. The average molecular weight is 649 g/mol. The molecular weight excluding hydrogens is 610 g/mol. The van der Waals surface area contributed by atoms with E-state index < -0.39 is 40.4 Å². The highest BCUT2D eigenvalue weighted by Gasteiger charge is 2.42. The number of carbonyl (C=O) groups is 1. The Labute approximate surface area is 264 Å². The number of likely N-dealkylation sites (N-methyl/N-ethyl adjacent to an activating group) is 1. The van der Waals surface area contributed by atoms with Crippen molar-refractivity contribution < 1.29 is 36.2 Å². The molecule has 5 rings (SSSR count). The molecule has 0 spiro atoms. The number of benzene rings is 2. The minimum atomic E-state index is -5.05. The lowest BCUT2D eigenvalue weighted by atomic mass is 9.81. The minimum Gasteiger partial charge on any atom is -0.394 e. The molecule has 1 N–H and O–H groups in total. The van der Waals surface area contributed by atoms with Crippen LogP contribution in [0.2, 0.25) is 0 Å². The zero-order chi connectivity index (χ0) is 33.8. The zero-order valence-corrected chi connectivity index (χ0v) is 26.4. The Morgan fingerprint density at radius 2 is 1.57 bits per heavy atom. The van der Waals surface area contributed by atoms with Crippen molar-refractivity contribution in [3.8, 4) is 11.1 Å². The summed E-state index contributed by atoms with van der Waals surface area (Å²) in [5, 5.41) is 10.3. The fourth-order valence-corrected chi connectivity index (χ4v) is 6.69. The van der Waals surface area contributed by atoms with Gasteiger partial charge in [0.1, 0.15) is 5.82 Å². The SMILES string of the molecule is Cc1ccc(-c2cc(N3C[C@@H]4CCCN4C[C@H]3CO)ncc2N(C)C(=O)C(C)(C)c2cc(C(F)(F)F)cc(C(F)(F)F)c2)c(C)c1. The van der Waals surface area contributed by atoms with Crippen LogP contribution in [0, 0.1) is 13.8 Å². The number of rotatable bonds is 6. The molecule has 3 heterocycles. The Morgan fingerprint density at radius 3 is 2.15 bits per heavy atom. The van der Waals surface area contributed by atoms with Gasteiger partial charge in [0.15, 0.2) is 0 Å². The maximum absolute atomic E-state index is 14.1. The molecule has 0 bridgehead atoms. The van der Waals surface area contributed by atoms with Gasteiger partial charge in [0.2, 0.25) is 5.91 Å². The molecule has 46 heavy (non-hydrogen) atoms. The third-order valence-corrected chi connectivity index (χ3v) is 9.35. The Kier molecular flexibility index (Phi) is 8.93. The van der Waals surface area contributed by atoms with Crippen LogP contribution in [0.25, 0.3) is 11.1 Å². The maximum atomic E-state index is 14.1. The standard InChI is InChI=1S/C34H38F6N4O2/c1-20-8-9-27(21(2)11-20)28-15-30(44-18-25-7-6-10-43(25)17-26(44)19-45)41-16-29(28)42(5)31(46)32(3,4)22-12-23(33(35,36)37)14-24(13-22)34(38,39)40/h8-9,11-16,25-26,45H,6-7,10,17-19H2,1-5H3/t25-,26-/m0/s1. The second kappa shape index (κ2) is 12.2. The molecule has 2 aromatic carbocycles. The van der Waals surface area contributed by atoms with Crippen LogP contribution in [0.5, 0.6) is 0 Å². The Morgan fingerprint density at radius 1 is 0.935 bits per heavy atom. The van der Waals surface area contributed by atoms with Crippen molar-refractivity contribution in [1.82, 2.24) is 9.88 Å². The molecule has 0 aliphatic carbocycles. The van der Waals surface area contributed by atoms with E-state index >= 15 is 0 Å². The van der Waals surface area contributed by atoms with Gasteiger partial charge in [-0.3, -0.25) is 9.69 Å². The van der Waals surface area contributed by atoms with Crippen molar-refractivity contribution in [3.63, 3.8) is 0 Å². The third kappa shape index (κ3) is 6.46. The van der Waals surface area contributed by atoms with Crippen LogP contribution >= 0.6 is 0 Å². The van der Waals surface area contributed by atoms with Gasteiger partial charge in [0.25, 0.3) is 0 Å². The predicted octanol–water partition coefficient (Wildman–Crippen LogP) is 6.99. The van der Waals surface area contributed by atoms with Crippen molar-refractivity contribution in [2.75, 3.05) is 43.1 Å². The lowest BCUT2D eigenvalue weighted by Crippen LogP contribution is -2.57. The first-order valence-electron chi connectivity index (χ1n) is 15.2. The van der Waals surface area contributed by atoms with E-state index in [4.69, 9.17) is 4.98 Å². The number of amides is 1. The molecule has 2 aliphatic rings. The van der Waals surface area contributed by atoms with E-state index in [1.54, 1.807) is 0 Å². The highest BCUT2D eigenvalue weighted by molar-refractivity contribution is 6.03. The fraction of sp³-hybridized carbons (Fsp3) is 0.471. The van der Waals surface area contributed by atoms with Crippen LogP contribution < -0.4 is 9.80 Å². The molecule has 3 aromatic rings. The molecule has 2 saturated heterocycles. The number of piperazine rings is 1. The smallest absolute Gasteiger partial charge is 0.394 e. The molecule has 1 amide bonds. The second-order valence-electron chi connectivity index (χ2n) is 12.9. The topological polar surface area (TPSA) is 59.9 Å². The number of aromatic nitrogens is 1. The number of aliphatic hydroxyl groups excluding tert-OH is 1. The van der Waals surface area contributed by atoms with Crippen LogP contribution in [0.1, 0.15) is 54.5 Å². The van der Waals surface area contributed by atoms with Gasteiger partial charge in [0, 0.05) is 31.7 Å². The van der Waals surface area contributed by atoms with E-state index in [1.165, 1.54) is 32.0 Å². The Balaban J connectivity index is 1.59. The first-order valence-corrected chi connectivity index (χ1v) is 15.2.